The van der Waals surface area contributed by atoms with E-state index in [-0.39, 0.29) is 11.9 Å². The van der Waals surface area contributed by atoms with Gasteiger partial charge in [0.15, 0.2) is 0 Å². The molecule has 1 rings (SSSR count). The molecule has 0 heterocycles. The average molecular weight is 212 g/mol. The number of hydrogen-bond acceptors (Lipinski definition) is 1. The average Bonchev–Trinajstić information content (AvgIpc) is 2.16. The molecule has 3 heteroatoms. The van der Waals surface area contributed by atoms with Crippen molar-refractivity contribution >= 4 is 17.5 Å². The lowest BCUT2D eigenvalue weighted by Gasteiger charge is -2.23. The summed E-state index contributed by atoms with van der Waals surface area (Å²) in [5.74, 6) is 0.0625. The molecular weight excluding hydrogens is 198 g/mol. The van der Waals surface area contributed by atoms with Crippen LogP contribution in [0.1, 0.15) is 25.5 Å². The van der Waals surface area contributed by atoms with E-state index in [2.05, 4.69) is 0 Å². The van der Waals surface area contributed by atoms with Gasteiger partial charge in [-0.05, 0) is 24.6 Å². The van der Waals surface area contributed by atoms with Gasteiger partial charge in [0, 0.05) is 19.0 Å². The first kappa shape index (κ1) is 11.1. The molecule has 76 valence electrons. The normalized spacial score (nSPS) is 12.3. The molecule has 0 saturated carbocycles. The van der Waals surface area contributed by atoms with Crippen LogP contribution in [0.3, 0.4) is 0 Å². The highest BCUT2D eigenvalue weighted by molar-refractivity contribution is 6.30. The summed E-state index contributed by atoms with van der Waals surface area (Å²) < 4.78 is 0. The maximum Gasteiger partial charge on any atom is 0.219 e. The Balaban J connectivity index is 2.84. The van der Waals surface area contributed by atoms with E-state index in [1.165, 1.54) is 0 Å². The van der Waals surface area contributed by atoms with Gasteiger partial charge >= 0.3 is 0 Å². The van der Waals surface area contributed by atoms with Crippen LogP contribution in [0.2, 0.25) is 5.02 Å². The van der Waals surface area contributed by atoms with E-state index in [0.29, 0.717) is 5.02 Å². The van der Waals surface area contributed by atoms with Crippen LogP contribution in [0.15, 0.2) is 24.3 Å². The largest absolute Gasteiger partial charge is 0.339 e. The Morgan fingerprint density at radius 3 is 2.29 bits per heavy atom. The number of carbonyl (C=O) groups excluding carboxylic acids is 1. The number of benzene rings is 1. The lowest BCUT2D eigenvalue weighted by molar-refractivity contribution is -0.129. The molecule has 0 N–H and O–H groups in total. The van der Waals surface area contributed by atoms with Gasteiger partial charge in [-0.15, -0.1) is 0 Å². The first-order valence-corrected chi connectivity index (χ1v) is 4.89. The zero-order chi connectivity index (χ0) is 10.7. The van der Waals surface area contributed by atoms with Crippen molar-refractivity contribution in [3.05, 3.63) is 34.9 Å². The number of hydrogen-bond donors (Lipinski definition) is 0. The third-order valence-electron chi connectivity index (χ3n) is 2.43. The Kier molecular flexibility index (Phi) is 3.53. The Morgan fingerprint density at radius 1 is 1.36 bits per heavy atom. The van der Waals surface area contributed by atoms with Gasteiger partial charge < -0.3 is 4.90 Å². The highest BCUT2D eigenvalue weighted by Crippen LogP contribution is 2.20. The summed E-state index contributed by atoms with van der Waals surface area (Å²) in [5.41, 5.74) is 1.09. The Bertz CT molecular complexity index is 321. The van der Waals surface area contributed by atoms with Crippen LogP contribution in [0.4, 0.5) is 0 Å². The SMILES string of the molecule is CC(=O)N(C)C(C)c1ccc(Cl)cc1. The standard InChI is InChI=1S/C11H14ClNO/c1-8(13(3)9(2)14)10-4-6-11(12)7-5-10/h4-8H,1-3H3. The van der Waals surface area contributed by atoms with Gasteiger partial charge in [0.25, 0.3) is 0 Å². The van der Waals surface area contributed by atoms with Crippen LogP contribution in [0, 0.1) is 0 Å². The van der Waals surface area contributed by atoms with Gasteiger partial charge in [-0.25, -0.2) is 0 Å². The molecule has 1 unspecified atom stereocenters. The van der Waals surface area contributed by atoms with Gasteiger partial charge in [0.2, 0.25) is 5.91 Å². The minimum Gasteiger partial charge on any atom is -0.339 e. The predicted molar refractivity (Wildman–Crippen MR) is 58.3 cm³/mol. The maximum absolute atomic E-state index is 11.1. The second-order valence-electron chi connectivity index (χ2n) is 3.36. The van der Waals surface area contributed by atoms with E-state index in [9.17, 15) is 4.79 Å². The Labute approximate surface area is 89.5 Å². The second-order valence-corrected chi connectivity index (χ2v) is 3.79. The molecule has 0 spiro atoms. The van der Waals surface area contributed by atoms with Gasteiger partial charge in [0.05, 0.1) is 6.04 Å². The van der Waals surface area contributed by atoms with E-state index in [1.54, 1.807) is 18.9 Å². The molecule has 0 aromatic heterocycles. The molecule has 0 aliphatic carbocycles. The molecule has 14 heavy (non-hydrogen) atoms. The van der Waals surface area contributed by atoms with Crippen molar-refractivity contribution in [3.8, 4) is 0 Å². The number of rotatable bonds is 2. The molecule has 1 aromatic rings. The van der Waals surface area contributed by atoms with Crippen molar-refractivity contribution in [2.24, 2.45) is 0 Å². The number of carbonyl (C=O) groups is 1. The van der Waals surface area contributed by atoms with Crippen LogP contribution in [0.5, 0.6) is 0 Å². The van der Waals surface area contributed by atoms with E-state index < -0.39 is 0 Å². The smallest absolute Gasteiger partial charge is 0.219 e. The minimum absolute atomic E-state index is 0.0625. The summed E-state index contributed by atoms with van der Waals surface area (Å²) in [7, 11) is 1.79. The molecule has 1 aromatic carbocycles. The summed E-state index contributed by atoms with van der Waals surface area (Å²) in [6.07, 6.45) is 0. The molecular formula is C11H14ClNO. The van der Waals surface area contributed by atoms with Crippen LogP contribution in [-0.2, 0) is 4.79 Å². The van der Waals surface area contributed by atoms with Crippen molar-refractivity contribution < 1.29 is 4.79 Å². The van der Waals surface area contributed by atoms with Crippen molar-refractivity contribution in [1.82, 2.24) is 4.90 Å². The van der Waals surface area contributed by atoms with E-state index in [1.807, 2.05) is 31.2 Å². The molecule has 0 saturated heterocycles. The lowest BCUT2D eigenvalue weighted by atomic mass is 10.1. The summed E-state index contributed by atoms with van der Waals surface area (Å²) in [4.78, 5) is 12.8. The third kappa shape index (κ3) is 2.48. The summed E-state index contributed by atoms with van der Waals surface area (Å²) in [6.45, 7) is 3.55. The molecule has 0 aliphatic rings. The van der Waals surface area contributed by atoms with E-state index >= 15 is 0 Å². The fraction of sp³-hybridized carbons (Fsp3) is 0.364. The summed E-state index contributed by atoms with van der Waals surface area (Å²) in [5, 5.41) is 0.714. The van der Waals surface area contributed by atoms with Crippen LogP contribution < -0.4 is 0 Å². The lowest BCUT2D eigenvalue weighted by Crippen LogP contribution is -2.26. The van der Waals surface area contributed by atoms with Crippen LogP contribution >= 0.6 is 11.6 Å². The Hall–Kier alpha value is -1.02. The summed E-state index contributed by atoms with van der Waals surface area (Å²) >= 11 is 5.78. The van der Waals surface area contributed by atoms with Gasteiger partial charge in [-0.3, -0.25) is 4.79 Å². The van der Waals surface area contributed by atoms with Gasteiger partial charge in [-0.1, -0.05) is 23.7 Å². The highest BCUT2D eigenvalue weighted by Gasteiger charge is 2.13. The quantitative estimate of drug-likeness (QED) is 0.737. The number of nitrogens with zero attached hydrogens (tertiary/aromatic N) is 1. The first-order valence-electron chi connectivity index (χ1n) is 4.51. The van der Waals surface area contributed by atoms with E-state index in [0.717, 1.165) is 5.56 Å². The monoisotopic (exact) mass is 211 g/mol. The number of halogens is 1. The zero-order valence-corrected chi connectivity index (χ0v) is 9.38. The summed E-state index contributed by atoms with van der Waals surface area (Å²) in [6, 6.07) is 7.63. The van der Waals surface area contributed by atoms with Crippen molar-refractivity contribution in [3.63, 3.8) is 0 Å². The molecule has 1 amide bonds. The fourth-order valence-corrected chi connectivity index (χ4v) is 1.36. The van der Waals surface area contributed by atoms with Gasteiger partial charge in [0.1, 0.15) is 0 Å². The fourth-order valence-electron chi connectivity index (χ4n) is 1.24. The van der Waals surface area contributed by atoms with Crippen LogP contribution in [0.25, 0.3) is 0 Å². The molecule has 2 nitrogen and oxygen atoms in total. The molecule has 1 atom stereocenters. The van der Waals surface area contributed by atoms with Crippen molar-refractivity contribution in [2.45, 2.75) is 19.9 Å². The first-order chi connectivity index (χ1) is 6.52. The van der Waals surface area contributed by atoms with Crippen molar-refractivity contribution in [2.75, 3.05) is 7.05 Å². The zero-order valence-electron chi connectivity index (χ0n) is 8.62. The Morgan fingerprint density at radius 2 is 1.86 bits per heavy atom. The maximum atomic E-state index is 11.1. The number of amides is 1. The minimum atomic E-state index is 0.0625. The molecule has 0 aliphatic heterocycles. The van der Waals surface area contributed by atoms with Crippen LogP contribution in [-0.4, -0.2) is 17.9 Å². The van der Waals surface area contributed by atoms with Crippen molar-refractivity contribution in [1.29, 1.82) is 0 Å². The third-order valence-corrected chi connectivity index (χ3v) is 2.68. The van der Waals surface area contributed by atoms with Gasteiger partial charge in [-0.2, -0.15) is 0 Å². The van der Waals surface area contributed by atoms with E-state index in [4.69, 9.17) is 11.6 Å². The molecule has 0 bridgehead atoms. The molecule has 0 fully saturated rings. The topological polar surface area (TPSA) is 20.3 Å². The predicted octanol–water partition coefficient (Wildman–Crippen LogP) is 2.88. The highest BCUT2D eigenvalue weighted by atomic mass is 35.5. The second kappa shape index (κ2) is 4.47. The molecule has 0 radical (unpaired) electrons.